The van der Waals surface area contributed by atoms with Crippen molar-refractivity contribution in [2.75, 3.05) is 6.54 Å². The third kappa shape index (κ3) is 2.21. The van der Waals surface area contributed by atoms with Crippen LogP contribution in [0, 0.1) is 5.41 Å². The van der Waals surface area contributed by atoms with Gasteiger partial charge in [0.2, 0.25) is 5.91 Å². The van der Waals surface area contributed by atoms with Gasteiger partial charge >= 0.3 is 0 Å². The number of benzene rings is 1. The highest BCUT2D eigenvalue weighted by Gasteiger charge is 2.33. The molecular weight excluding hydrogens is 210 g/mol. The van der Waals surface area contributed by atoms with Crippen molar-refractivity contribution in [3.63, 3.8) is 0 Å². The largest absolute Gasteiger partial charge is 0.335 e. The van der Waals surface area contributed by atoms with Crippen molar-refractivity contribution in [1.82, 2.24) is 4.90 Å². The topological polar surface area (TPSA) is 20.3 Å². The Kier molecular flexibility index (Phi) is 2.98. The first kappa shape index (κ1) is 12.2. The molecule has 92 valence electrons. The average molecular weight is 231 g/mol. The number of hydrogen-bond acceptors (Lipinski definition) is 1. The summed E-state index contributed by atoms with van der Waals surface area (Å²) in [6, 6.07) is 8.65. The number of amides is 1. The molecule has 0 fully saturated rings. The predicted molar refractivity (Wildman–Crippen MR) is 69.7 cm³/mol. The Hall–Kier alpha value is -1.31. The van der Waals surface area contributed by atoms with E-state index in [1.165, 1.54) is 11.1 Å². The van der Waals surface area contributed by atoms with E-state index in [9.17, 15) is 4.79 Å². The lowest BCUT2D eigenvalue weighted by molar-refractivity contribution is -0.142. The van der Waals surface area contributed by atoms with Crippen molar-refractivity contribution in [2.45, 2.75) is 40.2 Å². The van der Waals surface area contributed by atoms with E-state index < -0.39 is 0 Å². The highest BCUT2D eigenvalue weighted by atomic mass is 16.2. The molecule has 2 nitrogen and oxygen atoms in total. The highest BCUT2D eigenvalue weighted by Crippen LogP contribution is 2.32. The number of fused-ring (bicyclic) bond motifs is 1. The molecule has 1 heterocycles. The zero-order valence-electron chi connectivity index (χ0n) is 11.2. The monoisotopic (exact) mass is 231 g/mol. The van der Waals surface area contributed by atoms with Gasteiger partial charge in [0.05, 0.1) is 6.04 Å². The van der Waals surface area contributed by atoms with Crippen LogP contribution in [0.15, 0.2) is 24.3 Å². The number of hydrogen-bond donors (Lipinski definition) is 0. The van der Waals surface area contributed by atoms with Crippen LogP contribution in [0.1, 0.15) is 44.9 Å². The molecule has 0 bridgehead atoms. The molecular formula is C15H21NO. The molecule has 0 aliphatic carbocycles. The van der Waals surface area contributed by atoms with E-state index in [0.717, 1.165) is 13.0 Å². The van der Waals surface area contributed by atoms with Gasteiger partial charge in [-0.15, -0.1) is 0 Å². The number of carbonyl (C=O) groups is 1. The molecule has 1 atom stereocenters. The third-order valence-electron chi connectivity index (χ3n) is 3.50. The molecule has 0 saturated carbocycles. The first-order valence-electron chi connectivity index (χ1n) is 6.30. The summed E-state index contributed by atoms with van der Waals surface area (Å²) in [5, 5.41) is 0. The molecule has 1 aliphatic rings. The van der Waals surface area contributed by atoms with Crippen LogP contribution in [0.3, 0.4) is 0 Å². The molecule has 17 heavy (non-hydrogen) atoms. The molecule has 0 unspecified atom stereocenters. The Morgan fingerprint density at radius 1 is 1.29 bits per heavy atom. The zero-order valence-corrected chi connectivity index (χ0v) is 11.2. The van der Waals surface area contributed by atoms with Gasteiger partial charge in [0.15, 0.2) is 0 Å². The first-order valence-corrected chi connectivity index (χ1v) is 6.30. The predicted octanol–water partition coefficient (Wildman–Crippen LogP) is 3.18. The Morgan fingerprint density at radius 2 is 1.94 bits per heavy atom. The van der Waals surface area contributed by atoms with E-state index in [4.69, 9.17) is 0 Å². The summed E-state index contributed by atoms with van der Waals surface area (Å²) >= 11 is 0. The lowest BCUT2D eigenvalue weighted by Crippen LogP contribution is -2.44. The summed E-state index contributed by atoms with van der Waals surface area (Å²) in [5.74, 6) is 0.250. The Labute approximate surface area is 104 Å². The quantitative estimate of drug-likeness (QED) is 0.671. The molecule has 0 radical (unpaired) electrons. The molecule has 2 heteroatoms. The van der Waals surface area contributed by atoms with Gasteiger partial charge in [0, 0.05) is 12.0 Å². The maximum Gasteiger partial charge on any atom is 0.228 e. The van der Waals surface area contributed by atoms with Crippen molar-refractivity contribution in [2.24, 2.45) is 5.41 Å². The van der Waals surface area contributed by atoms with E-state index in [2.05, 4.69) is 31.2 Å². The fraction of sp³-hybridized carbons (Fsp3) is 0.533. The van der Waals surface area contributed by atoms with E-state index in [1.807, 2.05) is 25.7 Å². The van der Waals surface area contributed by atoms with Gasteiger partial charge < -0.3 is 4.90 Å². The van der Waals surface area contributed by atoms with E-state index in [0.29, 0.717) is 0 Å². The summed E-state index contributed by atoms with van der Waals surface area (Å²) in [6.45, 7) is 8.93. The number of carbonyl (C=O) groups excluding carboxylic acids is 1. The van der Waals surface area contributed by atoms with Crippen molar-refractivity contribution in [1.29, 1.82) is 0 Å². The van der Waals surface area contributed by atoms with Gasteiger partial charge in [-0.05, 0) is 24.5 Å². The van der Waals surface area contributed by atoms with Gasteiger partial charge in [-0.25, -0.2) is 0 Å². The lowest BCUT2D eigenvalue weighted by atomic mass is 9.89. The van der Waals surface area contributed by atoms with Crippen LogP contribution in [0.25, 0.3) is 0 Å². The Bertz CT molecular complexity index is 431. The van der Waals surface area contributed by atoms with E-state index in [-0.39, 0.29) is 17.4 Å². The first-order chi connectivity index (χ1) is 7.91. The number of nitrogens with zero attached hydrogens (tertiary/aromatic N) is 1. The lowest BCUT2D eigenvalue weighted by Gasteiger charge is -2.38. The molecule has 1 aromatic rings. The van der Waals surface area contributed by atoms with Crippen molar-refractivity contribution < 1.29 is 4.79 Å². The third-order valence-corrected chi connectivity index (χ3v) is 3.50. The molecule has 1 aromatic carbocycles. The van der Waals surface area contributed by atoms with Gasteiger partial charge in [0.25, 0.3) is 0 Å². The zero-order chi connectivity index (χ0) is 12.6. The SMILES string of the molecule is C[C@H]1c2ccccc2CCN1C(=O)C(C)(C)C. The number of rotatable bonds is 0. The maximum atomic E-state index is 12.4. The molecule has 0 N–H and O–H groups in total. The van der Waals surface area contributed by atoms with Gasteiger partial charge in [-0.2, -0.15) is 0 Å². The normalized spacial score (nSPS) is 20.0. The van der Waals surface area contributed by atoms with Gasteiger partial charge in [0.1, 0.15) is 0 Å². The van der Waals surface area contributed by atoms with Crippen LogP contribution in [0.5, 0.6) is 0 Å². The molecule has 1 aliphatic heterocycles. The average Bonchev–Trinajstić information content (AvgIpc) is 2.28. The minimum atomic E-state index is -0.291. The second-order valence-corrected chi connectivity index (χ2v) is 5.87. The summed E-state index contributed by atoms with van der Waals surface area (Å²) in [4.78, 5) is 14.4. The second-order valence-electron chi connectivity index (χ2n) is 5.87. The highest BCUT2D eigenvalue weighted by molar-refractivity contribution is 5.82. The molecule has 0 aromatic heterocycles. The van der Waals surface area contributed by atoms with Crippen molar-refractivity contribution >= 4 is 5.91 Å². The summed E-state index contributed by atoms with van der Waals surface area (Å²) in [6.07, 6.45) is 0.975. The van der Waals surface area contributed by atoms with Crippen molar-refractivity contribution in [3.05, 3.63) is 35.4 Å². The molecule has 0 saturated heterocycles. The maximum absolute atomic E-state index is 12.4. The van der Waals surface area contributed by atoms with Crippen LogP contribution in [0.4, 0.5) is 0 Å². The molecule has 1 amide bonds. The van der Waals surface area contributed by atoms with Crippen LogP contribution in [0.2, 0.25) is 0 Å². The van der Waals surface area contributed by atoms with Crippen molar-refractivity contribution in [3.8, 4) is 0 Å². The Morgan fingerprint density at radius 3 is 2.59 bits per heavy atom. The van der Waals surface area contributed by atoms with Crippen LogP contribution >= 0.6 is 0 Å². The summed E-state index contributed by atoms with van der Waals surface area (Å²) in [7, 11) is 0. The van der Waals surface area contributed by atoms with Gasteiger partial charge in [-0.1, -0.05) is 45.0 Å². The van der Waals surface area contributed by atoms with Crippen LogP contribution in [-0.2, 0) is 11.2 Å². The van der Waals surface area contributed by atoms with Gasteiger partial charge in [-0.3, -0.25) is 4.79 Å². The molecule has 0 spiro atoms. The fourth-order valence-electron chi connectivity index (χ4n) is 2.48. The second kappa shape index (κ2) is 4.17. The minimum absolute atomic E-state index is 0.201. The standard InChI is InChI=1S/C15H21NO/c1-11-13-8-6-5-7-12(13)9-10-16(11)14(17)15(2,3)4/h5-8,11H,9-10H2,1-4H3/t11-/m0/s1. The summed E-state index contributed by atoms with van der Waals surface area (Å²) < 4.78 is 0. The van der Waals surface area contributed by atoms with Crippen LogP contribution < -0.4 is 0 Å². The minimum Gasteiger partial charge on any atom is -0.335 e. The van der Waals surface area contributed by atoms with Crippen LogP contribution in [-0.4, -0.2) is 17.4 Å². The van der Waals surface area contributed by atoms with E-state index >= 15 is 0 Å². The molecule has 2 rings (SSSR count). The summed E-state index contributed by atoms with van der Waals surface area (Å²) in [5.41, 5.74) is 2.40. The fourth-order valence-corrected chi connectivity index (χ4v) is 2.48. The smallest absolute Gasteiger partial charge is 0.228 e. The Balaban J connectivity index is 2.29. The van der Waals surface area contributed by atoms with E-state index in [1.54, 1.807) is 0 Å².